The van der Waals surface area contributed by atoms with Crippen LogP contribution in [0.4, 0.5) is 5.69 Å². The number of hydrogen-bond acceptors (Lipinski definition) is 5. The molecule has 120 valence electrons. The molecule has 0 saturated heterocycles. The Labute approximate surface area is 127 Å². The smallest absolute Gasteiger partial charge is 0.311 e. The van der Waals surface area contributed by atoms with E-state index in [0.29, 0.717) is 12.8 Å². The number of amides is 1. The summed E-state index contributed by atoms with van der Waals surface area (Å²) in [6, 6.07) is 3.81. The third-order valence-corrected chi connectivity index (χ3v) is 3.13. The zero-order chi connectivity index (χ0) is 16.7. The molecule has 2 N–H and O–H groups in total. The SMILES string of the molecule is CCCC(CNC(=O)c1ccc(OC)c([N+](=O)[O-])c1)C(=O)O. The van der Waals surface area contributed by atoms with Crippen LogP contribution in [0.2, 0.25) is 0 Å². The summed E-state index contributed by atoms with van der Waals surface area (Å²) in [5.41, 5.74) is -0.244. The minimum absolute atomic E-state index is 0.0260. The predicted molar refractivity (Wildman–Crippen MR) is 78.0 cm³/mol. The highest BCUT2D eigenvalue weighted by Crippen LogP contribution is 2.27. The van der Waals surface area contributed by atoms with E-state index in [0.717, 1.165) is 6.07 Å². The molecule has 1 rings (SSSR count). The molecular weight excluding hydrogens is 292 g/mol. The summed E-state index contributed by atoms with van der Waals surface area (Å²) in [7, 11) is 1.30. The van der Waals surface area contributed by atoms with Crippen molar-refractivity contribution in [1.82, 2.24) is 5.32 Å². The van der Waals surface area contributed by atoms with Crippen LogP contribution in [0, 0.1) is 16.0 Å². The van der Waals surface area contributed by atoms with Gasteiger partial charge in [-0.05, 0) is 18.6 Å². The minimum Gasteiger partial charge on any atom is -0.490 e. The van der Waals surface area contributed by atoms with Crippen LogP contribution in [0.25, 0.3) is 0 Å². The number of carboxylic acid groups (broad SMARTS) is 1. The van der Waals surface area contributed by atoms with Crippen molar-refractivity contribution in [2.75, 3.05) is 13.7 Å². The van der Waals surface area contributed by atoms with E-state index in [9.17, 15) is 19.7 Å². The molecule has 1 aromatic rings. The second kappa shape index (κ2) is 7.96. The lowest BCUT2D eigenvalue weighted by atomic mass is 10.0. The number of nitro groups is 1. The lowest BCUT2D eigenvalue weighted by molar-refractivity contribution is -0.385. The number of carbonyl (C=O) groups is 2. The van der Waals surface area contributed by atoms with Crippen molar-refractivity contribution >= 4 is 17.6 Å². The van der Waals surface area contributed by atoms with Gasteiger partial charge in [-0.25, -0.2) is 0 Å². The Morgan fingerprint density at radius 3 is 2.64 bits per heavy atom. The van der Waals surface area contributed by atoms with Crippen LogP contribution < -0.4 is 10.1 Å². The molecule has 1 atom stereocenters. The Bertz CT molecular complexity index is 572. The summed E-state index contributed by atoms with van der Waals surface area (Å²) < 4.78 is 4.85. The summed E-state index contributed by atoms with van der Waals surface area (Å²) in [5, 5.41) is 22.4. The van der Waals surface area contributed by atoms with Crippen LogP contribution in [0.3, 0.4) is 0 Å². The highest BCUT2D eigenvalue weighted by atomic mass is 16.6. The number of benzene rings is 1. The van der Waals surface area contributed by atoms with E-state index in [2.05, 4.69) is 5.32 Å². The van der Waals surface area contributed by atoms with E-state index in [-0.39, 0.29) is 23.5 Å². The van der Waals surface area contributed by atoms with E-state index >= 15 is 0 Å². The first-order valence-corrected chi connectivity index (χ1v) is 6.74. The highest BCUT2D eigenvalue weighted by Gasteiger charge is 2.20. The molecule has 0 saturated carbocycles. The Morgan fingerprint density at radius 2 is 2.14 bits per heavy atom. The van der Waals surface area contributed by atoms with Crippen LogP contribution in [-0.4, -0.2) is 35.6 Å². The standard InChI is InChI=1S/C14H18N2O6/c1-3-4-10(14(18)19)8-15-13(17)9-5-6-12(22-2)11(7-9)16(20)21/h5-7,10H,3-4,8H2,1-2H3,(H,15,17)(H,18,19). The van der Waals surface area contributed by atoms with Crippen molar-refractivity contribution in [3.05, 3.63) is 33.9 Å². The monoisotopic (exact) mass is 310 g/mol. The zero-order valence-corrected chi connectivity index (χ0v) is 12.4. The molecule has 0 fully saturated rings. The van der Waals surface area contributed by atoms with Gasteiger partial charge >= 0.3 is 11.7 Å². The number of ether oxygens (including phenoxy) is 1. The van der Waals surface area contributed by atoms with Crippen LogP contribution in [0.1, 0.15) is 30.1 Å². The fraction of sp³-hybridized carbons (Fsp3) is 0.429. The van der Waals surface area contributed by atoms with Crippen molar-refractivity contribution < 1.29 is 24.4 Å². The Balaban J connectivity index is 2.83. The first kappa shape index (κ1) is 17.4. The van der Waals surface area contributed by atoms with E-state index in [1.807, 2.05) is 6.92 Å². The van der Waals surface area contributed by atoms with Gasteiger partial charge in [0.25, 0.3) is 5.91 Å². The lowest BCUT2D eigenvalue weighted by Gasteiger charge is -2.12. The van der Waals surface area contributed by atoms with Crippen LogP contribution in [-0.2, 0) is 4.79 Å². The molecule has 0 bridgehead atoms. The van der Waals surface area contributed by atoms with E-state index in [4.69, 9.17) is 9.84 Å². The molecule has 8 heteroatoms. The number of hydrogen-bond donors (Lipinski definition) is 2. The summed E-state index contributed by atoms with van der Waals surface area (Å²) >= 11 is 0. The molecule has 0 aromatic heterocycles. The van der Waals surface area contributed by atoms with Crippen LogP contribution >= 0.6 is 0 Å². The summed E-state index contributed by atoms with van der Waals surface area (Å²) in [6.45, 7) is 1.83. The minimum atomic E-state index is -0.983. The van der Waals surface area contributed by atoms with Gasteiger partial charge in [-0.15, -0.1) is 0 Å². The predicted octanol–water partition coefficient (Wildman–Crippen LogP) is 1.83. The van der Waals surface area contributed by atoms with Gasteiger partial charge in [0.1, 0.15) is 0 Å². The average molecular weight is 310 g/mol. The largest absolute Gasteiger partial charge is 0.490 e. The number of nitrogens with zero attached hydrogens (tertiary/aromatic N) is 1. The lowest BCUT2D eigenvalue weighted by Crippen LogP contribution is -2.32. The maximum atomic E-state index is 12.0. The number of nitro benzene ring substituents is 1. The van der Waals surface area contributed by atoms with Crippen LogP contribution in [0.15, 0.2) is 18.2 Å². The number of rotatable bonds is 8. The van der Waals surface area contributed by atoms with E-state index < -0.39 is 22.7 Å². The Morgan fingerprint density at radius 1 is 1.45 bits per heavy atom. The molecule has 0 aliphatic carbocycles. The number of aliphatic carboxylic acids is 1. The summed E-state index contributed by atoms with van der Waals surface area (Å²) in [6.07, 6.45) is 1.12. The van der Waals surface area contributed by atoms with Crippen molar-refractivity contribution in [2.24, 2.45) is 5.92 Å². The summed E-state index contributed by atoms with van der Waals surface area (Å²) in [4.78, 5) is 33.3. The second-order valence-corrected chi connectivity index (χ2v) is 4.68. The number of nitrogens with one attached hydrogen (secondary N) is 1. The van der Waals surface area contributed by atoms with Gasteiger partial charge in [-0.1, -0.05) is 13.3 Å². The fourth-order valence-electron chi connectivity index (χ4n) is 1.95. The second-order valence-electron chi connectivity index (χ2n) is 4.68. The van der Waals surface area contributed by atoms with Gasteiger partial charge < -0.3 is 15.2 Å². The quantitative estimate of drug-likeness (QED) is 0.558. The van der Waals surface area contributed by atoms with Gasteiger partial charge in [-0.3, -0.25) is 19.7 Å². The van der Waals surface area contributed by atoms with Gasteiger partial charge in [0.15, 0.2) is 5.75 Å². The number of carboxylic acids is 1. The van der Waals surface area contributed by atoms with Crippen LogP contribution in [0.5, 0.6) is 5.75 Å². The fourth-order valence-corrected chi connectivity index (χ4v) is 1.95. The van der Waals surface area contributed by atoms with E-state index in [1.54, 1.807) is 0 Å². The number of methoxy groups -OCH3 is 1. The summed E-state index contributed by atoms with van der Waals surface area (Å²) in [5.74, 6) is -2.17. The third kappa shape index (κ3) is 4.44. The molecule has 0 heterocycles. The third-order valence-electron chi connectivity index (χ3n) is 3.13. The molecule has 1 amide bonds. The Kier molecular flexibility index (Phi) is 6.30. The molecule has 0 spiro atoms. The molecule has 1 aromatic carbocycles. The Hall–Kier alpha value is -2.64. The maximum Gasteiger partial charge on any atom is 0.311 e. The molecule has 0 radical (unpaired) electrons. The van der Waals surface area contributed by atoms with Gasteiger partial charge in [0.05, 0.1) is 18.0 Å². The molecular formula is C14H18N2O6. The first-order chi connectivity index (χ1) is 10.4. The highest BCUT2D eigenvalue weighted by molar-refractivity contribution is 5.95. The first-order valence-electron chi connectivity index (χ1n) is 6.74. The van der Waals surface area contributed by atoms with Crippen molar-refractivity contribution in [3.63, 3.8) is 0 Å². The average Bonchev–Trinajstić information content (AvgIpc) is 2.49. The van der Waals surface area contributed by atoms with E-state index in [1.165, 1.54) is 19.2 Å². The van der Waals surface area contributed by atoms with Crippen molar-refractivity contribution in [2.45, 2.75) is 19.8 Å². The van der Waals surface area contributed by atoms with Crippen molar-refractivity contribution in [1.29, 1.82) is 0 Å². The normalized spacial score (nSPS) is 11.5. The molecule has 1 unspecified atom stereocenters. The van der Waals surface area contributed by atoms with Gasteiger partial charge in [-0.2, -0.15) is 0 Å². The molecule has 0 aliphatic heterocycles. The maximum absolute atomic E-state index is 12.0. The van der Waals surface area contributed by atoms with Gasteiger partial charge in [0.2, 0.25) is 0 Å². The molecule has 0 aliphatic rings. The topological polar surface area (TPSA) is 119 Å². The van der Waals surface area contributed by atoms with Gasteiger partial charge in [0, 0.05) is 18.2 Å². The van der Waals surface area contributed by atoms with Crippen molar-refractivity contribution in [3.8, 4) is 5.75 Å². The molecule has 22 heavy (non-hydrogen) atoms. The number of carbonyl (C=O) groups excluding carboxylic acids is 1. The zero-order valence-electron chi connectivity index (χ0n) is 12.4. The molecule has 8 nitrogen and oxygen atoms in total.